The summed E-state index contributed by atoms with van der Waals surface area (Å²) in [5.74, 6) is 1.89. The van der Waals surface area contributed by atoms with E-state index in [0.717, 1.165) is 50.2 Å². The molecule has 2 heterocycles. The third-order valence-corrected chi connectivity index (χ3v) is 9.38. The van der Waals surface area contributed by atoms with Crippen molar-refractivity contribution < 1.29 is 0 Å². The van der Waals surface area contributed by atoms with Crippen molar-refractivity contribution >= 4 is 21.5 Å². The van der Waals surface area contributed by atoms with Crippen molar-refractivity contribution in [2.75, 3.05) is 0 Å². The molecule has 0 fully saturated rings. The molecule has 51 heavy (non-hydrogen) atoms. The number of nitrogens with zero attached hydrogens (tertiary/aromatic N) is 4. The Morgan fingerprint density at radius 2 is 0.784 bits per heavy atom. The minimum Gasteiger partial charge on any atom is -0.262 e. The third-order valence-electron chi connectivity index (χ3n) is 9.38. The second kappa shape index (κ2) is 12.9. The molecule has 0 bridgehead atoms. The Morgan fingerprint density at radius 1 is 0.333 bits per heavy atom. The highest BCUT2D eigenvalue weighted by molar-refractivity contribution is 6.13. The molecule has 4 nitrogen and oxygen atoms in total. The quantitative estimate of drug-likeness (QED) is 0.168. The molecule has 0 aliphatic rings. The summed E-state index contributed by atoms with van der Waals surface area (Å²) in [5.41, 5.74) is 10.5. The highest BCUT2D eigenvalue weighted by Gasteiger charge is 2.17. The molecule has 0 saturated heterocycles. The number of benzene rings is 7. The summed E-state index contributed by atoms with van der Waals surface area (Å²) in [6, 6.07) is 59.5. The summed E-state index contributed by atoms with van der Waals surface area (Å²) in [7, 11) is 0. The lowest BCUT2D eigenvalue weighted by atomic mass is 9.89. The molecule has 0 amide bonds. The Bertz CT molecular complexity index is 2590. The molecule has 4 heteroatoms. The highest BCUT2D eigenvalue weighted by Crippen LogP contribution is 2.40. The molecule has 0 spiro atoms. The van der Waals surface area contributed by atoms with Gasteiger partial charge < -0.3 is 0 Å². The van der Waals surface area contributed by atoms with Crippen molar-refractivity contribution in [3.8, 4) is 67.5 Å². The van der Waals surface area contributed by atoms with Gasteiger partial charge >= 0.3 is 0 Å². The van der Waals surface area contributed by atoms with Gasteiger partial charge in [0, 0.05) is 28.6 Å². The molecule has 9 rings (SSSR count). The predicted molar refractivity (Wildman–Crippen MR) is 210 cm³/mol. The normalized spacial score (nSPS) is 11.2. The van der Waals surface area contributed by atoms with E-state index in [-0.39, 0.29) is 0 Å². The van der Waals surface area contributed by atoms with Crippen molar-refractivity contribution in [3.63, 3.8) is 0 Å². The van der Waals surface area contributed by atoms with Crippen LogP contribution in [-0.4, -0.2) is 19.9 Å². The van der Waals surface area contributed by atoms with Gasteiger partial charge in [-0.15, -0.1) is 0 Å². The Morgan fingerprint density at radius 3 is 1.39 bits per heavy atom. The fourth-order valence-electron chi connectivity index (χ4n) is 6.93. The second-order valence-corrected chi connectivity index (χ2v) is 12.8. The molecule has 0 N–H and O–H groups in total. The topological polar surface area (TPSA) is 51.6 Å². The van der Waals surface area contributed by atoms with Gasteiger partial charge in [-0.3, -0.25) is 4.98 Å². The van der Waals surface area contributed by atoms with Crippen LogP contribution in [0.4, 0.5) is 0 Å². The number of fused-ring (bicyclic) bond motifs is 2. The summed E-state index contributed by atoms with van der Waals surface area (Å²) in [6.45, 7) is 2.03. The average Bonchev–Trinajstić information content (AvgIpc) is 3.20. The summed E-state index contributed by atoms with van der Waals surface area (Å²) in [6.07, 6.45) is 1.87. The molecule has 0 radical (unpaired) electrons. The smallest absolute Gasteiger partial charge is 0.164 e. The third kappa shape index (κ3) is 5.94. The van der Waals surface area contributed by atoms with E-state index in [0.29, 0.717) is 17.5 Å². The van der Waals surface area contributed by atoms with Crippen LogP contribution in [0, 0.1) is 6.92 Å². The van der Waals surface area contributed by atoms with Crippen LogP contribution in [-0.2, 0) is 0 Å². The van der Waals surface area contributed by atoms with Crippen LogP contribution in [0.15, 0.2) is 176 Å². The number of hydrogen-bond acceptors (Lipinski definition) is 4. The van der Waals surface area contributed by atoms with Crippen molar-refractivity contribution in [1.82, 2.24) is 19.9 Å². The lowest BCUT2D eigenvalue weighted by Gasteiger charge is -2.16. The van der Waals surface area contributed by atoms with Crippen LogP contribution in [0.2, 0.25) is 0 Å². The molecule has 0 aliphatic carbocycles. The minimum atomic E-state index is 0.622. The second-order valence-electron chi connectivity index (χ2n) is 12.8. The molecule has 0 unspecified atom stereocenters. The maximum atomic E-state index is 5.14. The van der Waals surface area contributed by atoms with Gasteiger partial charge in [-0.05, 0) is 104 Å². The Kier molecular flexibility index (Phi) is 7.67. The maximum Gasteiger partial charge on any atom is 0.164 e. The van der Waals surface area contributed by atoms with Gasteiger partial charge in [0.15, 0.2) is 17.5 Å². The zero-order valence-electron chi connectivity index (χ0n) is 28.0. The first-order chi connectivity index (χ1) is 25.2. The Labute approximate surface area is 296 Å². The van der Waals surface area contributed by atoms with Crippen LogP contribution in [0.1, 0.15) is 5.69 Å². The lowest BCUT2D eigenvalue weighted by Crippen LogP contribution is -2.00. The Balaban J connectivity index is 1.33. The zero-order chi connectivity index (χ0) is 34.1. The van der Waals surface area contributed by atoms with E-state index in [1.807, 2.05) is 73.8 Å². The predicted octanol–water partition coefficient (Wildman–Crippen LogP) is 11.9. The average molecular weight is 653 g/mol. The van der Waals surface area contributed by atoms with Gasteiger partial charge in [-0.2, -0.15) is 0 Å². The highest BCUT2D eigenvalue weighted by atomic mass is 15.0. The first-order valence-electron chi connectivity index (χ1n) is 17.1. The number of aromatic nitrogens is 4. The number of pyridine rings is 1. The summed E-state index contributed by atoms with van der Waals surface area (Å²) in [5, 5.41) is 4.80. The van der Waals surface area contributed by atoms with E-state index in [1.54, 1.807) is 0 Å². The van der Waals surface area contributed by atoms with Crippen molar-refractivity contribution in [3.05, 3.63) is 182 Å². The Hall–Kier alpha value is -6.78. The summed E-state index contributed by atoms with van der Waals surface area (Å²) >= 11 is 0. The van der Waals surface area contributed by atoms with Crippen LogP contribution in [0.5, 0.6) is 0 Å². The molecule has 0 atom stereocenters. The molecule has 2 aromatic heterocycles. The van der Waals surface area contributed by atoms with Crippen LogP contribution in [0.25, 0.3) is 89.1 Å². The van der Waals surface area contributed by atoms with E-state index < -0.39 is 0 Å². The molecular weight excluding hydrogens is 621 g/mol. The van der Waals surface area contributed by atoms with E-state index in [2.05, 4.69) is 114 Å². The number of rotatable bonds is 6. The first kappa shape index (κ1) is 30.3. The zero-order valence-corrected chi connectivity index (χ0v) is 28.0. The van der Waals surface area contributed by atoms with Crippen molar-refractivity contribution in [2.24, 2.45) is 0 Å². The number of hydrogen-bond donors (Lipinski definition) is 0. The monoisotopic (exact) mass is 652 g/mol. The largest absolute Gasteiger partial charge is 0.262 e. The molecule has 0 saturated carbocycles. The van der Waals surface area contributed by atoms with Gasteiger partial charge in [0.25, 0.3) is 0 Å². The molecule has 240 valence electrons. The van der Waals surface area contributed by atoms with Crippen LogP contribution < -0.4 is 0 Å². The van der Waals surface area contributed by atoms with E-state index >= 15 is 0 Å². The summed E-state index contributed by atoms with van der Waals surface area (Å²) in [4.78, 5) is 19.7. The maximum absolute atomic E-state index is 5.14. The van der Waals surface area contributed by atoms with E-state index in [4.69, 9.17) is 15.0 Å². The molecule has 9 aromatic rings. The van der Waals surface area contributed by atoms with Crippen LogP contribution in [0.3, 0.4) is 0 Å². The minimum absolute atomic E-state index is 0.622. The van der Waals surface area contributed by atoms with Gasteiger partial charge in [-0.1, -0.05) is 127 Å². The fraction of sp³-hybridized carbons (Fsp3) is 0.0213. The van der Waals surface area contributed by atoms with Gasteiger partial charge in [0.2, 0.25) is 0 Å². The van der Waals surface area contributed by atoms with Gasteiger partial charge in [0.1, 0.15) is 0 Å². The van der Waals surface area contributed by atoms with E-state index in [9.17, 15) is 0 Å². The van der Waals surface area contributed by atoms with Crippen molar-refractivity contribution in [1.29, 1.82) is 0 Å². The molecule has 0 aliphatic heterocycles. The molecule has 7 aromatic carbocycles. The molecular formula is C47H32N4. The van der Waals surface area contributed by atoms with Crippen molar-refractivity contribution in [2.45, 2.75) is 6.92 Å². The van der Waals surface area contributed by atoms with Crippen LogP contribution >= 0.6 is 0 Å². The first-order valence-corrected chi connectivity index (χ1v) is 17.1. The lowest BCUT2D eigenvalue weighted by molar-refractivity contribution is 1.07. The SMILES string of the molecule is Cc1cc(-c2cccc(-c3cc(-c4nc(-c5ccccc5)nc(-c5ccccc5)n4)cc(-c4c5ccccc5cc5ccccc45)c3)c2)ccn1. The van der Waals surface area contributed by atoms with E-state index in [1.165, 1.54) is 27.1 Å². The standard InChI is InChI=1S/C47H32N4/c1-31-25-36(23-24-48-31)34-19-12-20-35(26-34)39-28-40(44-42-21-10-8-17-37(42)27-38-18-9-11-22-43(38)44)30-41(29-39)47-50-45(32-13-4-2-5-14-32)49-46(51-47)33-15-6-3-7-16-33/h2-30H,1H3. The fourth-order valence-corrected chi connectivity index (χ4v) is 6.93. The van der Waals surface area contributed by atoms with Gasteiger partial charge in [0.05, 0.1) is 0 Å². The number of aryl methyl sites for hydroxylation is 1. The van der Waals surface area contributed by atoms with Gasteiger partial charge in [-0.25, -0.2) is 15.0 Å². The summed E-state index contributed by atoms with van der Waals surface area (Å²) < 4.78 is 0.